The average Bonchev–Trinajstić information content (AvgIpc) is 2.63. The minimum absolute atomic E-state index is 0.00844. The lowest BCUT2D eigenvalue weighted by molar-refractivity contribution is 0.0935. The monoisotopic (exact) mass is 346 g/mol. The van der Waals surface area contributed by atoms with Gasteiger partial charge in [-0.25, -0.2) is 0 Å². The van der Waals surface area contributed by atoms with Crippen LogP contribution < -0.4 is 10.9 Å². The minimum Gasteiger partial charge on any atom is -0.348 e. The van der Waals surface area contributed by atoms with Gasteiger partial charge in [0.05, 0.1) is 0 Å². The van der Waals surface area contributed by atoms with Crippen LogP contribution in [-0.2, 0) is 0 Å². The SMILES string of the molecule is Cc1ccc(C(=O)NC(C)C(c2ccccc2)c2ccccc2)c(=O)[nH]1. The molecule has 2 N–H and O–H groups in total. The van der Waals surface area contributed by atoms with Crippen LogP contribution in [0, 0.1) is 6.92 Å². The molecule has 132 valence electrons. The topological polar surface area (TPSA) is 62.0 Å². The summed E-state index contributed by atoms with van der Waals surface area (Å²) in [7, 11) is 0. The molecule has 26 heavy (non-hydrogen) atoms. The maximum Gasteiger partial charge on any atom is 0.260 e. The fourth-order valence-electron chi connectivity index (χ4n) is 3.21. The highest BCUT2D eigenvalue weighted by Gasteiger charge is 2.24. The van der Waals surface area contributed by atoms with Crippen LogP contribution in [0.25, 0.3) is 0 Å². The highest BCUT2D eigenvalue weighted by molar-refractivity contribution is 5.94. The van der Waals surface area contributed by atoms with E-state index in [9.17, 15) is 9.59 Å². The number of pyridine rings is 1. The van der Waals surface area contributed by atoms with Gasteiger partial charge in [0, 0.05) is 17.7 Å². The van der Waals surface area contributed by atoms with E-state index in [2.05, 4.69) is 34.6 Å². The molecule has 0 aliphatic carbocycles. The molecule has 1 atom stereocenters. The largest absolute Gasteiger partial charge is 0.348 e. The van der Waals surface area contributed by atoms with Crippen molar-refractivity contribution in [3.8, 4) is 0 Å². The van der Waals surface area contributed by atoms with Gasteiger partial charge in [-0.3, -0.25) is 9.59 Å². The van der Waals surface area contributed by atoms with Gasteiger partial charge in [0.2, 0.25) is 0 Å². The van der Waals surface area contributed by atoms with E-state index in [0.717, 1.165) is 16.8 Å². The molecule has 4 heteroatoms. The molecule has 1 aromatic heterocycles. The summed E-state index contributed by atoms with van der Waals surface area (Å²) in [4.78, 5) is 27.3. The number of rotatable bonds is 5. The van der Waals surface area contributed by atoms with Crippen LogP contribution in [0.2, 0.25) is 0 Å². The van der Waals surface area contributed by atoms with Crippen molar-refractivity contribution in [3.05, 3.63) is 106 Å². The Morgan fingerprint density at radius 3 is 1.92 bits per heavy atom. The first-order valence-corrected chi connectivity index (χ1v) is 8.67. The van der Waals surface area contributed by atoms with Gasteiger partial charge in [-0.1, -0.05) is 60.7 Å². The van der Waals surface area contributed by atoms with Gasteiger partial charge in [0.15, 0.2) is 0 Å². The van der Waals surface area contributed by atoms with Crippen molar-refractivity contribution >= 4 is 5.91 Å². The summed E-state index contributed by atoms with van der Waals surface area (Å²) in [6, 6.07) is 23.2. The molecule has 4 nitrogen and oxygen atoms in total. The normalized spacial score (nSPS) is 12.0. The van der Waals surface area contributed by atoms with Crippen LogP contribution in [0.15, 0.2) is 77.6 Å². The Kier molecular flexibility index (Phi) is 5.32. The number of aryl methyl sites for hydroxylation is 1. The third kappa shape index (κ3) is 3.91. The summed E-state index contributed by atoms with van der Waals surface area (Å²) in [5.41, 5.74) is 2.72. The molecule has 1 amide bonds. The highest BCUT2D eigenvalue weighted by atomic mass is 16.2. The second-order valence-electron chi connectivity index (χ2n) is 6.45. The van der Waals surface area contributed by atoms with E-state index in [4.69, 9.17) is 0 Å². The fraction of sp³-hybridized carbons (Fsp3) is 0.182. The Hall–Kier alpha value is -3.14. The maximum absolute atomic E-state index is 12.6. The molecule has 0 fully saturated rings. The Bertz CT molecular complexity index is 894. The molecule has 0 spiro atoms. The third-order valence-electron chi connectivity index (χ3n) is 4.48. The minimum atomic E-state index is -0.370. The number of carbonyl (C=O) groups is 1. The molecule has 0 aliphatic rings. The smallest absolute Gasteiger partial charge is 0.260 e. The first-order chi connectivity index (χ1) is 12.6. The molecule has 2 aromatic carbocycles. The summed E-state index contributed by atoms with van der Waals surface area (Å²) >= 11 is 0. The summed E-state index contributed by atoms with van der Waals surface area (Å²) in [6.45, 7) is 3.75. The third-order valence-corrected chi connectivity index (χ3v) is 4.48. The zero-order chi connectivity index (χ0) is 18.5. The molecule has 0 aliphatic heterocycles. The average molecular weight is 346 g/mol. The van der Waals surface area contributed by atoms with Gasteiger partial charge in [-0.05, 0) is 37.1 Å². The van der Waals surface area contributed by atoms with E-state index in [0.29, 0.717) is 0 Å². The number of benzene rings is 2. The number of amides is 1. The van der Waals surface area contributed by atoms with E-state index in [-0.39, 0.29) is 29.0 Å². The lowest BCUT2D eigenvalue weighted by Gasteiger charge is -2.26. The number of hydrogen-bond donors (Lipinski definition) is 2. The van der Waals surface area contributed by atoms with E-state index in [1.807, 2.05) is 43.3 Å². The lowest BCUT2D eigenvalue weighted by Crippen LogP contribution is -2.39. The zero-order valence-corrected chi connectivity index (χ0v) is 14.9. The summed E-state index contributed by atoms with van der Waals surface area (Å²) < 4.78 is 0. The molecular formula is C22H22N2O2. The van der Waals surface area contributed by atoms with Gasteiger partial charge in [0.25, 0.3) is 11.5 Å². The molecule has 0 radical (unpaired) electrons. The molecule has 1 heterocycles. The molecule has 0 bridgehead atoms. The van der Waals surface area contributed by atoms with Crippen LogP contribution in [0.4, 0.5) is 0 Å². The Morgan fingerprint density at radius 2 is 1.42 bits per heavy atom. The van der Waals surface area contributed by atoms with Crippen molar-refractivity contribution < 1.29 is 4.79 Å². The molecule has 0 saturated carbocycles. The second-order valence-corrected chi connectivity index (χ2v) is 6.45. The second kappa shape index (κ2) is 7.83. The van der Waals surface area contributed by atoms with E-state index >= 15 is 0 Å². The Labute approximate surface area is 152 Å². The number of aromatic nitrogens is 1. The number of aromatic amines is 1. The van der Waals surface area contributed by atoms with Crippen LogP contribution in [-0.4, -0.2) is 16.9 Å². The van der Waals surface area contributed by atoms with Crippen LogP contribution in [0.1, 0.15) is 40.0 Å². The van der Waals surface area contributed by atoms with E-state index < -0.39 is 0 Å². The van der Waals surface area contributed by atoms with Crippen molar-refractivity contribution in [1.82, 2.24) is 10.3 Å². The number of carbonyl (C=O) groups excluding carboxylic acids is 1. The number of nitrogens with one attached hydrogen (secondary N) is 2. The van der Waals surface area contributed by atoms with Crippen molar-refractivity contribution in [1.29, 1.82) is 0 Å². The fourth-order valence-corrected chi connectivity index (χ4v) is 3.21. The summed E-state index contributed by atoms with van der Waals surface area (Å²) in [5.74, 6) is -0.374. The highest BCUT2D eigenvalue weighted by Crippen LogP contribution is 2.28. The molecule has 3 aromatic rings. The maximum atomic E-state index is 12.6. The lowest BCUT2D eigenvalue weighted by atomic mass is 9.85. The first-order valence-electron chi connectivity index (χ1n) is 8.67. The standard InChI is InChI=1S/C22H22N2O2/c1-15-13-14-19(21(25)23-15)22(26)24-16(2)20(17-9-5-3-6-10-17)18-11-7-4-8-12-18/h3-14,16,20H,1-2H3,(H,23,25)(H,24,26). The Morgan fingerprint density at radius 1 is 0.885 bits per heavy atom. The number of hydrogen-bond acceptors (Lipinski definition) is 2. The van der Waals surface area contributed by atoms with Crippen molar-refractivity contribution in [3.63, 3.8) is 0 Å². The predicted octanol–water partition coefficient (Wildman–Crippen LogP) is 3.63. The van der Waals surface area contributed by atoms with Crippen LogP contribution in [0.3, 0.4) is 0 Å². The van der Waals surface area contributed by atoms with Crippen LogP contribution >= 0.6 is 0 Å². The first kappa shape index (κ1) is 17.7. The molecule has 1 unspecified atom stereocenters. The van der Waals surface area contributed by atoms with Crippen molar-refractivity contribution in [2.24, 2.45) is 0 Å². The van der Waals surface area contributed by atoms with Gasteiger partial charge in [0.1, 0.15) is 5.56 Å². The molecular weight excluding hydrogens is 324 g/mol. The van der Waals surface area contributed by atoms with Crippen molar-refractivity contribution in [2.75, 3.05) is 0 Å². The predicted molar refractivity (Wildman–Crippen MR) is 103 cm³/mol. The number of H-pyrrole nitrogens is 1. The van der Waals surface area contributed by atoms with Gasteiger partial charge in [-0.2, -0.15) is 0 Å². The molecule has 0 saturated heterocycles. The molecule has 3 rings (SSSR count). The summed E-state index contributed by atoms with van der Waals surface area (Å²) in [6.07, 6.45) is 0. The quantitative estimate of drug-likeness (QED) is 0.741. The van der Waals surface area contributed by atoms with Gasteiger partial charge in [-0.15, -0.1) is 0 Å². The van der Waals surface area contributed by atoms with E-state index in [1.54, 1.807) is 19.1 Å². The Balaban J connectivity index is 1.90. The van der Waals surface area contributed by atoms with E-state index in [1.165, 1.54) is 0 Å². The van der Waals surface area contributed by atoms with Gasteiger partial charge >= 0.3 is 0 Å². The van der Waals surface area contributed by atoms with Crippen LogP contribution in [0.5, 0.6) is 0 Å². The van der Waals surface area contributed by atoms with Gasteiger partial charge < -0.3 is 10.3 Å². The summed E-state index contributed by atoms with van der Waals surface area (Å²) in [5, 5.41) is 2.99. The zero-order valence-electron chi connectivity index (χ0n) is 14.9. The van der Waals surface area contributed by atoms with Crippen molar-refractivity contribution in [2.45, 2.75) is 25.8 Å².